The Kier molecular flexibility index (Phi) is 9.63. The van der Waals surface area contributed by atoms with Gasteiger partial charge in [0, 0.05) is 28.1 Å². The van der Waals surface area contributed by atoms with Crippen LogP contribution in [0, 0.1) is 6.92 Å². The maximum absolute atomic E-state index is 13.8. The molecular formula is C26H26BrCl2N3O4S. The zero-order valence-electron chi connectivity index (χ0n) is 20.4. The molecule has 0 aromatic heterocycles. The van der Waals surface area contributed by atoms with Gasteiger partial charge in [-0.05, 0) is 61.9 Å². The number of sulfonamides is 1. The zero-order valence-corrected chi connectivity index (χ0v) is 24.3. The average Bonchev–Trinajstić information content (AvgIpc) is 2.84. The predicted octanol–water partition coefficient (Wildman–Crippen LogP) is 5.42. The van der Waals surface area contributed by atoms with Crippen LogP contribution >= 0.6 is 39.1 Å². The van der Waals surface area contributed by atoms with Crippen LogP contribution in [0.2, 0.25) is 10.0 Å². The number of carbonyl (C=O) groups excluding carboxylic acids is 2. The minimum atomic E-state index is -4.20. The van der Waals surface area contributed by atoms with Crippen LogP contribution in [0.1, 0.15) is 18.1 Å². The fourth-order valence-corrected chi connectivity index (χ4v) is 6.03. The van der Waals surface area contributed by atoms with Crippen molar-refractivity contribution in [2.75, 3.05) is 17.9 Å². The second-order valence-corrected chi connectivity index (χ2v) is 12.0. The molecule has 1 N–H and O–H groups in total. The molecule has 196 valence electrons. The molecule has 11 heteroatoms. The van der Waals surface area contributed by atoms with E-state index >= 15 is 0 Å². The summed E-state index contributed by atoms with van der Waals surface area (Å²) in [7, 11) is -2.73. The molecule has 0 saturated carbocycles. The minimum absolute atomic E-state index is 0.000104. The summed E-state index contributed by atoms with van der Waals surface area (Å²) < 4.78 is 29.3. The molecule has 3 aromatic rings. The van der Waals surface area contributed by atoms with Crippen LogP contribution < -0.4 is 9.62 Å². The highest BCUT2D eigenvalue weighted by atomic mass is 79.9. The van der Waals surface area contributed by atoms with E-state index in [4.69, 9.17) is 23.2 Å². The number of carbonyl (C=O) groups is 2. The molecule has 2 amide bonds. The van der Waals surface area contributed by atoms with Gasteiger partial charge >= 0.3 is 0 Å². The Morgan fingerprint density at radius 2 is 1.62 bits per heavy atom. The molecule has 7 nitrogen and oxygen atoms in total. The minimum Gasteiger partial charge on any atom is -0.357 e. The third kappa shape index (κ3) is 7.25. The Labute approximate surface area is 235 Å². The molecule has 3 aromatic carbocycles. The molecular weight excluding hydrogens is 601 g/mol. The highest BCUT2D eigenvalue weighted by Crippen LogP contribution is 2.30. The molecule has 0 unspecified atom stereocenters. The fraction of sp³-hybridized carbons (Fsp3) is 0.231. The van der Waals surface area contributed by atoms with Gasteiger partial charge in [-0.2, -0.15) is 0 Å². The molecule has 37 heavy (non-hydrogen) atoms. The Bertz CT molecular complexity index is 1380. The number of nitrogens with one attached hydrogen (secondary N) is 1. The summed E-state index contributed by atoms with van der Waals surface area (Å²) in [6.45, 7) is 2.93. The van der Waals surface area contributed by atoms with Crippen LogP contribution in [0.4, 0.5) is 5.69 Å². The van der Waals surface area contributed by atoms with Crippen molar-refractivity contribution in [1.82, 2.24) is 10.2 Å². The van der Waals surface area contributed by atoms with Crippen LogP contribution in [0.3, 0.4) is 0 Å². The summed E-state index contributed by atoms with van der Waals surface area (Å²) in [5.74, 6) is -0.968. The topological polar surface area (TPSA) is 86.8 Å². The lowest BCUT2D eigenvalue weighted by Gasteiger charge is -2.32. The molecule has 0 fully saturated rings. The summed E-state index contributed by atoms with van der Waals surface area (Å²) in [4.78, 5) is 27.6. The number of hydrogen-bond donors (Lipinski definition) is 1. The first kappa shape index (κ1) is 29.0. The number of hydrogen-bond acceptors (Lipinski definition) is 4. The summed E-state index contributed by atoms with van der Waals surface area (Å²) in [6.07, 6.45) is 0. The predicted molar refractivity (Wildman–Crippen MR) is 150 cm³/mol. The summed E-state index contributed by atoms with van der Waals surface area (Å²) in [5, 5.41) is 2.97. The van der Waals surface area contributed by atoms with Gasteiger partial charge in [-0.25, -0.2) is 8.42 Å². The van der Waals surface area contributed by atoms with E-state index in [1.165, 1.54) is 42.3 Å². The quantitative estimate of drug-likeness (QED) is 0.344. The summed E-state index contributed by atoms with van der Waals surface area (Å²) in [6, 6.07) is 17.0. The third-order valence-corrected chi connectivity index (χ3v) is 8.40. The SMILES string of the molecule is CNC(=O)[C@@H](C)N(Cc1cccc(Br)c1)C(=O)CN(c1cc(Cl)cc(Cl)c1)S(=O)(=O)c1ccc(C)cc1. The highest BCUT2D eigenvalue weighted by Gasteiger charge is 2.32. The molecule has 0 spiro atoms. The van der Waals surface area contributed by atoms with Crippen molar-refractivity contribution in [3.05, 3.63) is 92.4 Å². The first-order valence-electron chi connectivity index (χ1n) is 11.2. The Morgan fingerprint density at radius 1 is 1.00 bits per heavy atom. The normalized spacial score (nSPS) is 12.1. The van der Waals surface area contributed by atoms with Crippen LogP contribution in [0.25, 0.3) is 0 Å². The summed E-state index contributed by atoms with van der Waals surface area (Å²) in [5.41, 5.74) is 1.77. The van der Waals surface area contributed by atoms with Crippen molar-refractivity contribution in [1.29, 1.82) is 0 Å². The van der Waals surface area contributed by atoms with E-state index in [0.717, 1.165) is 19.9 Å². The van der Waals surface area contributed by atoms with E-state index in [1.807, 2.05) is 31.2 Å². The van der Waals surface area contributed by atoms with Crippen molar-refractivity contribution in [2.24, 2.45) is 0 Å². The van der Waals surface area contributed by atoms with Crippen molar-refractivity contribution >= 4 is 66.7 Å². The number of likely N-dealkylation sites (N-methyl/N-ethyl adjacent to an activating group) is 1. The van der Waals surface area contributed by atoms with Crippen molar-refractivity contribution < 1.29 is 18.0 Å². The molecule has 3 rings (SSSR count). The lowest BCUT2D eigenvalue weighted by Crippen LogP contribution is -2.50. The van der Waals surface area contributed by atoms with Gasteiger partial charge < -0.3 is 10.2 Å². The molecule has 0 aliphatic heterocycles. The highest BCUT2D eigenvalue weighted by molar-refractivity contribution is 9.10. The number of aryl methyl sites for hydroxylation is 1. The van der Waals surface area contributed by atoms with Gasteiger partial charge in [0.2, 0.25) is 11.8 Å². The van der Waals surface area contributed by atoms with E-state index in [-0.39, 0.29) is 33.1 Å². The van der Waals surface area contributed by atoms with Crippen LogP contribution in [0.15, 0.2) is 76.1 Å². The monoisotopic (exact) mass is 625 g/mol. The van der Waals surface area contributed by atoms with Gasteiger partial charge in [0.15, 0.2) is 0 Å². The first-order chi connectivity index (χ1) is 17.4. The largest absolute Gasteiger partial charge is 0.357 e. The first-order valence-corrected chi connectivity index (χ1v) is 14.2. The van der Waals surface area contributed by atoms with Gasteiger partial charge in [-0.3, -0.25) is 13.9 Å². The van der Waals surface area contributed by atoms with Crippen molar-refractivity contribution in [3.8, 4) is 0 Å². The van der Waals surface area contributed by atoms with E-state index in [1.54, 1.807) is 19.1 Å². The second kappa shape index (κ2) is 12.3. The average molecular weight is 627 g/mol. The number of halogens is 3. The molecule has 0 aliphatic rings. The van der Waals surface area contributed by atoms with E-state index in [9.17, 15) is 18.0 Å². The van der Waals surface area contributed by atoms with Crippen molar-refractivity contribution in [3.63, 3.8) is 0 Å². The molecule has 0 radical (unpaired) electrons. The van der Waals surface area contributed by atoms with E-state index in [0.29, 0.717) is 0 Å². The van der Waals surface area contributed by atoms with Crippen LogP contribution in [0.5, 0.6) is 0 Å². The number of benzene rings is 3. The number of amides is 2. The Morgan fingerprint density at radius 3 is 2.19 bits per heavy atom. The molecule has 0 bridgehead atoms. The van der Waals surface area contributed by atoms with E-state index in [2.05, 4.69) is 21.2 Å². The maximum atomic E-state index is 13.8. The molecule has 0 saturated heterocycles. The lowest BCUT2D eigenvalue weighted by molar-refractivity contribution is -0.139. The van der Waals surface area contributed by atoms with Gasteiger partial charge in [-0.1, -0.05) is 69.0 Å². The zero-order chi connectivity index (χ0) is 27.3. The Hall–Kier alpha value is -2.59. The van der Waals surface area contributed by atoms with Gasteiger partial charge in [0.05, 0.1) is 10.6 Å². The van der Waals surface area contributed by atoms with Crippen molar-refractivity contribution in [2.45, 2.75) is 31.3 Å². The van der Waals surface area contributed by atoms with Gasteiger partial charge in [0.25, 0.3) is 10.0 Å². The van der Waals surface area contributed by atoms with E-state index < -0.39 is 28.5 Å². The molecule has 0 aliphatic carbocycles. The van der Waals surface area contributed by atoms with Gasteiger partial charge in [0.1, 0.15) is 12.6 Å². The third-order valence-electron chi connectivity index (χ3n) is 5.68. The van der Waals surface area contributed by atoms with Crippen LogP contribution in [-0.2, 0) is 26.2 Å². The number of anilines is 1. The smallest absolute Gasteiger partial charge is 0.264 e. The standard InChI is InChI=1S/C26H26BrCl2N3O4S/c1-17-7-9-24(10-8-17)37(35,36)32(23-13-21(28)12-22(29)14-23)16-25(33)31(18(2)26(34)30-3)15-19-5-4-6-20(27)11-19/h4-14,18H,15-16H2,1-3H3,(H,30,34)/t18-/m1/s1. The van der Waals surface area contributed by atoms with Crippen LogP contribution in [-0.4, -0.2) is 44.8 Å². The number of nitrogens with zero attached hydrogens (tertiary/aromatic N) is 2. The Balaban J connectivity index is 2.07. The second-order valence-electron chi connectivity index (χ2n) is 8.39. The molecule has 0 heterocycles. The maximum Gasteiger partial charge on any atom is 0.264 e. The molecule has 1 atom stereocenters. The number of rotatable bonds is 9. The fourth-order valence-electron chi connectivity index (χ4n) is 3.67. The van der Waals surface area contributed by atoms with Gasteiger partial charge in [-0.15, -0.1) is 0 Å². The lowest BCUT2D eigenvalue weighted by atomic mass is 10.1. The summed E-state index contributed by atoms with van der Waals surface area (Å²) >= 11 is 15.8.